The molecule has 0 amide bonds. The molecule has 1 aromatic heterocycles. The summed E-state index contributed by atoms with van der Waals surface area (Å²) in [5, 5.41) is 16.5. The van der Waals surface area contributed by atoms with Crippen LogP contribution in [-0.2, 0) is 13.6 Å². The quantitative estimate of drug-likeness (QED) is 0.806. The molecule has 1 fully saturated rings. The van der Waals surface area contributed by atoms with Crippen molar-refractivity contribution in [1.82, 2.24) is 20.0 Å². The van der Waals surface area contributed by atoms with Gasteiger partial charge in [0.2, 0.25) is 0 Å². The molecule has 0 aliphatic carbocycles. The van der Waals surface area contributed by atoms with Crippen molar-refractivity contribution in [3.05, 3.63) is 17.5 Å². The van der Waals surface area contributed by atoms with E-state index in [1.165, 1.54) is 6.20 Å². The Bertz CT molecular complexity index is 424. The van der Waals surface area contributed by atoms with Crippen LogP contribution in [0.2, 0.25) is 0 Å². The monoisotopic (exact) mass is 252 g/mol. The maximum atomic E-state index is 11.1. The smallest absolute Gasteiger partial charge is 0.339 e. The van der Waals surface area contributed by atoms with Gasteiger partial charge in [-0.3, -0.25) is 9.58 Å². The minimum Gasteiger partial charge on any atom is -0.478 e. The number of nitrogens with one attached hydrogen (secondary N) is 1. The molecule has 1 saturated heterocycles. The number of carboxylic acids is 1. The molecule has 0 bridgehead atoms. The average molecular weight is 252 g/mol. The average Bonchev–Trinajstić information content (AvgIpc) is 2.72. The molecule has 1 aliphatic rings. The van der Waals surface area contributed by atoms with Crippen molar-refractivity contribution in [2.24, 2.45) is 7.05 Å². The van der Waals surface area contributed by atoms with Gasteiger partial charge >= 0.3 is 5.97 Å². The zero-order chi connectivity index (χ0) is 13.1. The van der Waals surface area contributed by atoms with E-state index in [1.54, 1.807) is 11.7 Å². The first-order valence-electron chi connectivity index (χ1n) is 6.24. The molecule has 6 heteroatoms. The number of aromatic carboxylic acids is 1. The molecule has 100 valence electrons. The number of carbonyl (C=O) groups is 1. The highest BCUT2D eigenvalue weighted by molar-refractivity contribution is 5.88. The fourth-order valence-corrected chi connectivity index (χ4v) is 2.44. The molecule has 0 spiro atoms. The van der Waals surface area contributed by atoms with Crippen LogP contribution in [0, 0.1) is 0 Å². The van der Waals surface area contributed by atoms with Crippen molar-refractivity contribution in [1.29, 1.82) is 0 Å². The van der Waals surface area contributed by atoms with Crippen LogP contribution in [0.25, 0.3) is 0 Å². The molecule has 0 aromatic carbocycles. The Morgan fingerprint density at radius 1 is 1.61 bits per heavy atom. The Labute approximate surface area is 107 Å². The minimum absolute atomic E-state index is 0.304. The molecule has 1 aliphatic heterocycles. The Morgan fingerprint density at radius 3 is 2.89 bits per heavy atom. The lowest BCUT2D eigenvalue weighted by atomic mass is 10.0. The van der Waals surface area contributed by atoms with E-state index >= 15 is 0 Å². The number of carboxylic acid groups (broad SMARTS) is 1. The van der Waals surface area contributed by atoms with Gasteiger partial charge in [0.05, 0.1) is 11.9 Å². The lowest BCUT2D eigenvalue weighted by molar-refractivity contribution is 0.0693. The van der Waals surface area contributed by atoms with Crippen LogP contribution in [0.3, 0.4) is 0 Å². The highest BCUT2D eigenvalue weighted by Gasteiger charge is 2.22. The van der Waals surface area contributed by atoms with E-state index in [0.717, 1.165) is 31.6 Å². The number of aromatic nitrogens is 2. The van der Waals surface area contributed by atoms with Crippen LogP contribution < -0.4 is 5.32 Å². The SMILES string of the molecule is CN(Cc1c(C(=O)O)cnn1C)C1CCNCC1. The Kier molecular flexibility index (Phi) is 3.98. The highest BCUT2D eigenvalue weighted by atomic mass is 16.4. The van der Waals surface area contributed by atoms with Crippen molar-refractivity contribution in [3.8, 4) is 0 Å². The summed E-state index contributed by atoms with van der Waals surface area (Å²) in [6.45, 7) is 2.70. The highest BCUT2D eigenvalue weighted by Crippen LogP contribution is 2.16. The van der Waals surface area contributed by atoms with Crippen molar-refractivity contribution in [2.45, 2.75) is 25.4 Å². The van der Waals surface area contributed by atoms with Gasteiger partial charge < -0.3 is 10.4 Å². The number of piperidine rings is 1. The molecule has 2 heterocycles. The molecule has 2 N–H and O–H groups in total. The van der Waals surface area contributed by atoms with Crippen molar-refractivity contribution in [3.63, 3.8) is 0 Å². The molecule has 18 heavy (non-hydrogen) atoms. The number of aryl methyl sites for hydroxylation is 1. The van der Waals surface area contributed by atoms with E-state index in [9.17, 15) is 4.79 Å². The molecule has 0 unspecified atom stereocenters. The Morgan fingerprint density at radius 2 is 2.28 bits per heavy atom. The number of rotatable bonds is 4. The summed E-state index contributed by atoms with van der Waals surface area (Å²) in [5.41, 5.74) is 1.07. The molecule has 0 saturated carbocycles. The van der Waals surface area contributed by atoms with E-state index in [4.69, 9.17) is 5.11 Å². The third-order valence-electron chi connectivity index (χ3n) is 3.62. The van der Waals surface area contributed by atoms with Crippen LogP contribution in [0.15, 0.2) is 6.20 Å². The maximum Gasteiger partial charge on any atom is 0.339 e. The first kappa shape index (κ1) is 13.0. The summed E-state index contributed by atoms with van der Waals surface area (Å²) in [6, 6.07) is 0.516. The van der Waals surface area contributed by atoms with Gasteiger partial charge in [-0.1, -0.05) is 0 Å². The largest absolute Gasteiger partial charge is 0.478 e. The second-order valence-electron chi connectivity index (χ2n) is 4.83. The fraction of sp³-hybridized carbons (Fsp3) is 0.667. The topological polar surface area (TPSA) is 70.4 Å². The van der Waals surface area contributed by atoms with E-state index in [0.29, 0.717) is 18.2 Å². The summed E-state index contributed by atoms with van der Waals surface area (Å²) in [7, 11) is 3.84. The second-order valence-corrected chi connectivity index (χ2v) is 4.83. The lowest BCUT2D eigenvalue weighted by Crippen LogP contribution is -2.41. The van der Waals surface area contributed by atoms with Crippen LogP contribution >= 0.6 is 0 Å². The van der Waals surface area contributed by atoms with Gasteiger partial charge in [0.25, 0.3) is 0 Å². The lowest BCUT2D eigenvalue weighted by Gasteiger charge is -2.31. The van der Waals surface area contributed by atoms with Gasteiger partial charge in [-0.2, -0.15) is 5.10 Å². The first-order valence-corrected chi connectivity index (χ1v) is 6.24. The molecule has 1 aromatic rings. The van der Waals surface area contributed by atoms with E-state index in [2.05, 4.69) is 22.4 Å². The zero-order valence-corrected chi connectivity index (χ0v) is 10.9. The van der Waals surface area contributed by atoms with E-state index in [1.807, 2.05) is 0 Å². The first-order chi connectivity index (χ1) is 8.59. The van der Waals surface area contributed by atoms with Gasteiger partial charge in [0.15, 0.2) is 0 Å². The summed E-state index contributed by atoms with van der Waals surface area (Å²) in [5.74, 6) is -0.906. The third kappa shape index (κ3) is 2.70. The van der Waals surface area contributed by atoms with Gasteiger partial charge in [0.1, 0.15) is 5.56 Å². The molecular weight excluding hydrogens is 232 g/mol. The zero-order valence-electron chi connectivity index (χ0n) is 10.9. The van der Waals surface area contributed by atoms with Crippen molar-refractivity contribution >= 4 is 5.97 Å². The number of hydrogen-bond donors (Lipinski definition) is 2. The molecule has 6 nitrogen and oxygen atoms in total. The minimum atomic E-state index is -0.906. The number of hydrogen-bond acceptors (Lipinski definition) is 4. The van der Waals surface area contributed by atoms with Crippen LogP contribution in [0.4, 0.5) is 0 Å². The van der Waals surface area contributed by atoms with Gasteiger partial charge in [-0.15, -0.1) is 0 Å². The van der Waals surface area contributed by atoms with E-state index in [-0.39, 0.29) is 0 Å². The summed E-state index contributed by atoms with van der Waals surface area (Å²) in [6.07, 6.45) is 3.64. The summed E-state index contributed by atoms with van der Waals surface area (Å²) >= 11 is 0. The molecule has 0 radical (unpaired) electrons. The molecule has 2 rings (SSSR count). The maximum absolute atomic E-state index is 11.1. The number of nitrogens with zero attached hydrogens (tertiary/aromatic N) is 3. The van der Waals surface area contributed by atoms with Crippen LogP contribution in [0.1, 0.15) is 28.9 Å². The predicted molar refractivity (Wildman–Crippen MR) is 67.5 cm³/mol. The predicted octanol–water partition coefficient (Wildman–Crippen LogP) is 0.302. The third-order valence-corrected chi connectivity index (χ3v) is 3.62. The van der Waals surface area contributed by atoms with Crippen molar-refractivity contribution in [2.75, 3.05) is 20.1 Å². The van der Waals surface area contributed by atoms with Crippen molar-refractivity contribution < 1.29 is 9.90 Å². The Hall–Kier alpha value is -1.40. The van der Waals surface area contributed by atoms with Gasteiger partial charge in [0, 0.05) is 19.6 Å². The van der Waals surface area contributed by atoms with Gasteiger partial charge in [-0.25, -0.2) is 4.79 Å². The second kappa shape index (κ2) is 5.49. The van der Waals surface area contributed by atoms with E-state index < -0.39 is 5.97 Å². The standard InChI is InChI=1S/C12H20N4O2/c1-15(9-3-5-13-6-4-9)8-11-10(12(17)18)7-14-16(11)2/h7,9,13H,3-6,8H2,1-2H3,(H,17,18). The fourth-order valence-electron chi connectivity index (χ4n) is 2.44. The van der Waals surface area contributed by atoms with Crippen LogP contribution in [0.5, 0.6) is 0 Å². The normalized spacial score (nSPS) is 17.3. The summed E-state index contributed by atoms with van der Waals surface area (Å²) < 4.78 is 1.65. The van der Waals surface area contributed by atoms with Crippen LogP contribution in [-0.4, -0.2) is 51.9 Å². The molecule has 0 atom stereocenters. The summed E-state index contributed by atoms with van der Waals surface area (Å²) in [4.78, 5) is 13.3. The van der Waals surface area contributed by atoms with Gasteiger partial charge in [-0.05, 0) is 33.0 Å². The Balaban J connectivity index is 2.08. The molecular formula is C12H20N4O2.